The van der Waals surface area contributed by atoms with Crippen molar-refractivity contribution in [3.63, 3.8) is 0 Å². The van der Waals surface area contributed by atoms with Crippen LogP contribution in [0.2, 0.25) is 0 Å². The largest absolute Gasteiger partial charge is 0.198 e. The number of nitriles is 1. The normalized spacial score (nSPS) is 35.1. The van der Waals surface area contributed by atoms with E-state index in [1.807, 2.05) is 6.92 Å². The number of nitrogens with zero attached hydrogens (tertiary/aromatic N) is 1. The minimum atomic E-state index is 0.189. The van der Waals surface area contributed by atoms with Crippen LogP contribution in [0.15, 0.2) is 11.6 Å². The van der Waals surface area contributed by atoms with Gasteiger partial charge in [-0.2, -0.15) is 5.26 Å². The van der Waals surface area contributed by atoms with Crippen molar-refractivity contribution in [1.82, 2.24) is 0 Å². The van der Waals surface area contributed by atoms with Crippen LogP contribution in [-0.4, -0.2) is 0 Å². The highest BCUT2D eigenvalue weighted by atomic mass is 14.5. The molecule has 14 heavy (non-hydrogen) atoms. The van der Waals surface area contributed by atoms with Crippen LogP contribution in [0.3, 0.4) is 0 Å². The van der Waals surface area contributed by atoms with Crippen LogP contribution in [0.4, 0.5) is 0 Å². The molecule has 1 saturated carbocycles. The van der Waals surface area contributed by atoms with E-state index in [4.69, 9.17) is 5.26 Å². The number of hydrogen-bond acceptors (Lipinski definition) is 1. The quantitative estimate of drug-likeness (QED) is 0.610. The van der Waals surface area contributed by atoms with E-state index >= 15 is 0 Å². The summed E-state index contributed by atoms with van der Waals surface area (Å²) in [4.78, 5) is 0. The third kappa shape index (κ3) is 1.29. The van der Waals surface area contributed by atoms with Gasteiger partial charge in [0, 0.05) is 5.92 Å². The molecular weight excluding hydrogens is 170 g/mol. The van der Waals surface area contributed by atoms with E-state index in [1.54, 1.807) is 5.57 Å². The third-order valence-electron chi connectivity index (χ3n) is 4.34. The van der Waals surface area contributed by atoms with Crippen LogP contribution < -0.4 is 0 Å². The van der Waals surface area contributed by atoms with Gasteiger partial charge in [0.25, 0.3) is 0 Å². The molecule has 0 heterocycles. The van der Waals surface area contributed by atoms with Crippen LogP contribution in [0.25, 0.3) is 0 Å². The number of hydrogen-bond donors (Lipinski definition) is 0. The molecular formula is C13H19N. The van der Waals surface area contributed by atoms with E-state index in [0.717, 1.165) is 18.3 Å². The predicted molar refractivity (Wildman–Crippen MR) is 57.5 cm³/mol. The number of fused-ring (bicyclic) bond motifs is 1. The van der Waals surface area contributed by atoms with Gasteiger partial charge in [-0.05, 0) is 43.4 Å². The maximum atomic E-state index is 8.82. The molecule has 76 valence electrons. The molecule has 0 aliphatic heterocycles. The van der Waals surface area contributed by atoms with Crippen molar-refractivity contribution < 1.29 is 0 Å². The van der Waals surface area contributed by atoms with E-state index in [-0.39, 0.29) is 5.92 Å². The monoisotopic (exact) mass is 189 g/mol. The summed E-state index contributed by atoms with van der Waals surface area (Å²) in [6, 6.07) is 2.34. The Labute approximate surface area is 86.8 Å². The Bertz CT molecular complexity index is 306. The fraction of sp³-hybridized carbons (Fsp3) is 0.769. The number of allylic oxidation sites excluding steroid dienone is 2. The van der Waals surface area contributed by atoms with Gasteiger partial charge in [-0.25, -0.2) is 0 Å². The Balaban J connectivity index is 2.08. The van der Waals surface area contributed by atoms with Crippen LogP contribution in [0.5, 0.6) is 0 Å². The van der Waals surface area contributed by atoms with Gasteiger partial charge in [-0.15, -0.1) is 0 Å². The van der Waals surface area contributed by atoms with Crippen molar-refractivity contribution in [2.75, 3.05) is 0 Å². The molecule has 0 N–H and O–H groups in total. The summed E-state index contributed by atoms with van der Waals surface area (Å²) in [5.74, 6) is 1.87. The molecule has 1 nitrogen and oxygen atoms in total. The zero-order valence-corrected chi connectivity index (χ0v) is 9.38. The molecule has 0 aromatic rings. The highest BCUT2D eigenvalue weighted by molar-refractivity contribution is 5.24. The molecule has 2 bridgehead atoms. The first-order valence-corrected chi connectivity index (χ1v) is 5.64. The average Bonchev–Trinajstić information content (AvgIpc) is 2.17. The van der Waals surface area contributed by atoms with E-state index in [1.165, 1.54) is 12.8 Å². The average molecular weight is 189 g/mol. The molecule has 3 atom stereocenters. The van der Waals surface area contributed by atoms with Crippen molar-refractivity contribution in [2.24, 2.45) is 23.2 Å². The second kappa shape index (κ2) is 3.12. The lowest BCUT2D eigenvalue weighted by Crippen LogP contribution is -2.48. The summed E-state index contributed by atoms with van der Waals surface area (Å²) in [7, 11) is 0. The molecule has 1 unspecified atom stereocenters. The topological polar surface area (TPSA) is 23.8 Å². The van der Waals surface area contributed by atoms with Gasteiger partial charge in [0.2, 0.25) is 0 Å². The minimum Gasteiger partial charge on any atom is -0.198 e. The number of rotatable bonds is 2. The van der Waals surface area contributed by atoms with E-state index in [0.29, 0.717) is 5.41 Å². The molecule has 1 fully saturated rings. The Hall–Kier alpha value is -0.770. The zero-order chi connectivity index (χ0) is 10.3. The van der Waals surface area contributed by atoms with E-state index in [2.05, 4.69) is 26.0 Å². The summed E-state index contributed by atoms with van der Waals surface area (Å²) < 4.78 is 0. The van der Waals surface area contributed by atoms with Crippen LogP contribution >= 0.6 is 0 Å². The van der Waals surface area contributed by atoms with Gasteiger partial charge in [-0.1, -0.05) is 25.5 Å². The molecule has 3 aliphatic carbocycles. The maximum Gasteiger partial charge on any atom is 0.0656 e. The van der Waals surface area contributed by atoms with Crippen LogP contribution in [0.1, 0.15) is 40.0 Å². The summed E-state index contributed by atoms with van der Waals surface area (Å²) in [6.07, 6.45) is 6.02. The molecule has 0 aromatic heterocycles. The molecule has 0 aromatic carbocycles. The highest BCUT2D eigenvalue weighted by Crippen LogP contribution is 2.60. The predicted octanol–water partition coefficient (Wildman–Crippen LogP) is 3.53. The second-order valence-corrected chi connectivity index (χ2v) is 5.56. The van der Waals surface area contributed by atoms with Crippen molar-refractivity contribution >= 4 is 0 Å². The third-order valence-corrected chi connectivity index (χ3v) is 4.34. The highest BCUT2D eigenvalue weighted by Gasteiger charge is 2.50. The Morgan fingerprint density at radius 3 is 2.86 bits per heavy atom. The molecule has 0 amide bonds. The lowest BCUT2D eigenvalue weighted by atomic mass is 9.48. The van der Waals surface area contributed by atoms with Gasteiger partial charge in [0.05, 0.1) is 6.07 Å². The van der Waals surface area contributed by atoms with Crippen molar-refractivity contribution in [3.8, 4) is 6.07 Å². The van der Waals surface area contributed by atoms with E-state index < -0.39 is 0 Å². The van der Waals surface area contributed by atoms with Crippen molar-refractivity contribution in [3.05, 3.63) is 11.6 Å². The SMILES string of the molecule is CC(C#N)CC1=CC[C@H]2C[C@@H]1C2(C)C. The Morgan fingerprint density at radius 1 is 1.64 bits per heavy atom. The van der Waals surface area contributed by atoms with Gasteiger partial charge < -0.3 is 0 Å². The molecule has 0 spiro atoms. The summed E-state index contributed by atoms with van der Waals surface area (Å²) in [6.45, 7) is 6.80. The first kappa shape index (κ1) is 9.77. The van der Waals surface area contributed by atoms with Gasteiger partial charge in [-0.3, -0.25) is 0 Å². The second-order valence-electron chi connectivity index (χ2n) is 5.56. The van der Waals surface area contributed by atoms with Crippen molar-refractivity contribution in [2.45, 2.75) is 40.0 Å². The Kier molecular flexibility index (Phi) is 2.18. The van der Waals surface area contributed by atoms with Gasteiger partial charge >= 0.3 is 0 Å². The fourth-order valence-electron chi connectivity index (χ4n) is 3.11. The lowest BCUT2D eigenvalue weighted by molar-refractivity contribution is -0.00887. The van der Waals surface area contributed by atoms with E-state index in [9.17, 15) is 0 Å². The summed E-state index contributed by atoms with van der Waals surface area (Å²) in [5.41, 5.74) is 2.07. The zero-order valence-electron chi connectivity index (χ0n) is 9.38. The van der Waals surface area contributed by atoms with Crippen LogP contribution in [-0.2, 0) is 0 Å². The minimum absolute atomic E-state index is 0.189. The van der Waals surface area contributed by atoms with Gasteiger partial charge in [0.15, 0.2) is 0 Å². The molecule has 3 rings (SSSR count). The molecule has 3 aliphatic rings. The van der Waals surface area contributed by atoms with Crippen molar-refractivity contribution in [1.29, 1.82) is 5.26 Å². The molecule has 0 radical (unpaired) electrons. The standard InChI is InChI=1S/C13H19N/c1-9(8-14)6-10-4-5-11-7-12(10)13(11,2)3/h4,9,11-12H,5-7H2,1-3H3/t9?,11-,12-/m0/s1. The summed E-state index contributed by atoms with van der Waals surface area (Å²) in [5, 5.41) is 8.82. The first-order valence-electron chi connectivity index (χ1n) is 5.64. The first-order chi connectivity index (χ1) is 6.55. The molecule has 1 heteroatoms. The van der Waals surface area contributed by atoms with Crippen LogP contribution in [0, 0.1) is 34.5 Å². The maximum absolute atomic E-state index is 8.82. The summed E-state index contributed by atoms with van der Waals surface area (Å²) >= 11 is 0. The molecule has 0 saturated heterocycles. The smallest absolute Gasteiger partial charge is 0.0656 e. The Morgan fingerprint density at radius 2 is 2.36 bits per heavy atom. The van der Waals surface area contributed by atoms with Gasteiger partial charge in [0.1, 0.15) is 0 Å². The fourth-order valence-corrected chi connectivity index (χ4v) is 3.11. The lowest BCUT2D eigenvalue weighted by Gasteiger charge is -2.56.